The fraction of sp³-hybridized carbons (Fsp3) is 0.167. The van der Waals surface area contributed by atoms with E-state index in [0.29, 0.717) is 16.3 Å². The molecule has 1 aliphatic heterocycles. The quantitative estimate of drug-likeness (QED) is 0.478. The van der Waals surface area contributed by atoms with E-state index < -0.39 is 39.7 Å². The lowest BCUT2D eigenvalue weighted by molar-refractivity contribution is -0.122. The number of carbonyl (C=O) groups is 2. The van der Waals surface area contributed by atoms with Crippen molar-refractivity contribution in [1.82, 2.24) is 4.31 Å². The Bertz CT molecular complexity index is 1280. The van der Waals surface area contributed by atoms with Crippen LogP contribution in [0.3, 0.4) is 0 Å². The molecule has 0 radical (unpaired) electrons. The first-order valence-electron chi connectivity index (χ1n) is 10.2. The molecule has 3 aromatic carbocycles. The van der Waals surface area contributed by atoms with Crippen molar-refractivity contribution in [2.24, 2.45) is 0 Å². The van der Waals surface area contributed by atoms with Crippen molar-refractivity contribution in [3.8, 4) is 0 Å². The van der Waals surface area contributed by atoms with E-state index >= 15 is 0 Å². The van der Waals surface area contributed by atoms with Crippen LogP contribution in [-0.4, -0.2) is 30.6 Å². The normalized spacial score (nSPS) is 17.6. The van der Waals surface area contributed by atoms with E-state index in [0.717, 1.165) is 33.5 Å². The number of imide groups is 1. The number of sulfonamides is 1. The van der Waals surface area contributed by atoms with E-state index in [1.165, 1.54) is 12.1 Å². The lowest BCUT2D eigenvalue weighted by atomic mass is 10.1. The van der Waals surface area contributed by atoms with Gasteiger partial charge in [0.05, 0.1) is 17.0 Å². The average molecular weight is 487 g/mol. The summed E-state index contributed by atoms with van der Waals surface area (Å²) in [5.41, 5.74) is 0.955. The summed E-state index contributed by atoms with van der Waals surface area (Å²) < 4.78 is 41.9. The molecule has 9 heteroatoms. The van der Waals surface area contributed by atoms with Gasteiger partial charge in [-0.3, -0.25) is 9.59 Å². The molecule has 33 heavy (non-hydrogen) atoms. The van der Waals surface area contributed by atoms with Crippen molar-refractivity contribution in [2.45, 2.75) is 30.3 Å². The fourth-order valence-electron chi connectivity index (χ4n) is 3.93. The molecule has 4 rings (SSSR count). The molecule has 0 aliphatic carbocycles. The lowest BCUT2D eigenvalue weighted by Gasteiger charge is -2.32. The Morgan fingerprint density at radius 1 is 0.970 bits per heavy atom. The summed E-state index contributed by atoms with van der Waals surface area (Å²) in [6.07, 6.45) is -0.320. The van der Waals surface area contributed by atoms with Crippen molar-refractivity contribution in [1.29, 1.82) is 0 Å². The van der Waals surface area contributed by atoms with Crippen LogP contribution in [0.1, 0.15) is 24.9 Å². The van der Waals surface area contributed by atoms with Gasteiger partial charge in [0.2, 0.25) is 15.9 Å². The van der Waals surface area contributed by atoms with Gasteiger partial charge in [0, 0.05) is 11.1 Å². The van der Waals surface area contributed by atoms with Crippen molar-refractivity contribution in [3.05, 3.63) is 95.3 Å². The third kappa shape index (κ3) is 4.42. The van der Waals surface area contributed by atoms with Crippen LogP contribution in [0, 0.1) is 5.82 Å². The first-order chi connectivity index (χ1) is 15.7. The summed E-state index contributed by atoms with van der Waals surface area (Å²) in [6.45, 7) is 1.65. The highest BCUT2D eigenvalue weighted by Crippen LogP contribution is 2.35. The molecule has 6 nitrogen and oxygen atoms in total. The number of halogens is 2. The smallest absolute Gasteiger partial charge is 0.252 e. The van der Waals surface area contributed by atoms with E-state index in [9.17, 15) is 22.4 Å². The summed E-state index contributed by atoms with van der Waals surface area (Å²) in [5, 5.41) is 0.438. The third-order valence-corrected chi connectivity index (χ3v) is 7.81. The van der Waals surface area contributed by atoms with Gasteiger partial charge in [0.1, 0.15) is 11.9 Å². The highest BCUT2D eigenvalue weighted by molar-refractivity contribution is 7.89. The molecule has 1 fully saturated rings. The number of nitrogens with zero attached hydrogens (tertiary/aromatic N) is 2. The van der Waals surface area contributed by atoms with E-state index in [-0.39, 0.29) is 11.3 Å². The molecule has 1 saturated heterocycles. The summed E-state index contributed by atoms with van der Waals surface area (Å²) in [5.74, 6) is -1.76. The van der Waals surface area contributed by atoms with E-state index in [2.05, 4.69) is 0 Å². The molecule has 0 aromatic heterocycles. The molecular weight excluding hydrogens is 467 g/mol. The SMILES string of the molecule is CC(c1ccccc1)N(C1CC(=O)N(c2ccc(Cl)cc2)C1=O)S(=O)(=O)c1ccc(F)cc1. The summed E-state index contributed by atoms with van der Waals surface area (Å²) >= 11 is 5.92. The number of hydrogen-bond donors (Lipinski definition) is 0. The zero-order valence-corrected chi connectivity index (χ0v) is 19.1. The van der Waals surface area contributed by atoms with Gasteiger partial charge in [0.15, 0.2) is 0 Å². The predicted molar refractivity (Wildman–Crippen MR) is 123 cm³/mol. The maximum Gasteiger partial charge on any atom is 0.252 e. The Kier molecular flexibility index (Phi) is 6.34. The van der Waals surface area contributed by atoms with Gasteiger partial charge in [-0.05, 0) is 61.0 Å². The number of carbonyl (C=O) groups excluding carboxylic acids is 2. The number of hydrogen-bond acceptors (Lipinski definition) is 4. The maximum atomic E-state index is 13.7. The average Bonchev–Trinajstić information content (AvgIpc) is 3.08. The van der Waals surface area contributed by atoms with Crippen LogP contribution in [0.15, 0.2) is 83.8 Å². The van der Waals surface area contributed by atoms with Crippen LogP contribution in [0.5, 0.6) is 0 Å². The topological polar surface area (TPSA) is 74.8 Å². The zero-order chi connectivity index (χ0) is 23.8. The van der Waals surface area contributed by atoms with Crippen molar-refractivity contribution in [3.63, 3.8) is 0 Å². The molecule has 2 amide bonds. The molecule has 170 valence electrons. The Morgan fingerprint density at radius 2 is 1.58 bits per heavy atom. The lowest BCUT2D eigenvalue weighted by Crippen LogP contribution is -2.46. The van der Waals surface area contributed by atoms with Gasteiger partial charge < -0.3 is 0 Å². The van der Waals surface area contributed by atoms with Crippen LogP contribution in [0.25, 0.3) is 0 Å². The maximum absolute atomic E-state index is 13.7. The van der Waals surface area contributed by atoms with Crippen molar-refractivity contribution in [2.75, 3.05) is 4.90 Å². The van der Waals surface area contributed by atoms with Gasteiger partial charge in [0.25, 0.3) is 5.91 Å². The summed E-state index contributed by atoms with van der Waals surface area (Å²) in [4.78, 5) is 27.1. The second kappa shape index (κ2) is 9.05. The van der Waals surface area contributed by atoms with Gasteiger partial charge >= 0.3 is 0 Å². The second-order valence-corrected chi connectivity index (χ2v) is 9.92. The largest absolute Gasteiger partial charge is 0.274 e. The number of anilines is 1. The first-order valence-corrected chi connectivity index (χ1v) is 12.0. The molecule has 2 unspecified atom stereocenters. The molecule has 2 atom stereocenters. The number of benzene rings is 3. The minimum absolute atomic E-state index is 0.170. The Labute approximate surface area is 196 Å². The molecule has 3 aromatic rings. The van der Waals surface area contributed by atoms with Gasteiger partial charge in [-0.25, -0.2) is 17.7 Å². The summed E-state index contributed by atoms with van der Waals surface area (Å²) in [7, 11) is -4.27. The van der Waals surface area contributed by atoms with E-state index in [1.54, 1.807) is 49.4 Å². The highest BCUT2D eigenvalue weighted by Gasteiger charge is 2.48. The molecule has 1 aliphatic rings. The molecule has 0 spiro atoms. The minimum Gasteiger partial charge on any atom is -0.274 e. The predicted octanol–water partition coefficient (Wildman–Crippen LogP) is 4.56. The van der Waals surface area contributed by atoms with E-state index in [1.807, 2.05) is 0 Å². The molecule has 1 heterocycles. The number of amides is 2. The Hall–Kier alpha value is -3.07. The van der Waals surface area contributed by atoms with Crippen LogP contribution >= 0.6 is 11.6 Å². The fourth-order valence-corrected chi connectivity index (χ4v) is 5.82. The van der Waals surface area contributed by atoms with Gasteiger partial charge in [-0.15, -0.1) is 0 Å². The molecular formula is C24H20ClFN2O4S. The van der Waals surface area contributed by atoms with Crippen molar-refractivity contribution >= 4 is 39.1 Å². The van der Waals surface area contributed by atoms with Crippen LogP contribution in [-0.2, 0) is 19.6 Å². The molecule has 0 saturated carbocycles. The first kappa shape index (κ1) is 23.1. The third-order valence-electron chi connectivity index (χ3n) is 5.57. The monoisotopic (exact) mass is 486 g/mol. The van der Waals surface area contributed by atoms with Crippen LogP contribution in [0.4, 0.5) is 10.1 Å². The zero-order valence-electron chi connectivity index (χ0n) is 17.6. The molecule has 0 N–H and O–H groups in total. The van der Waals surface area contributed by atoms with Crippen LogP contribution in [0.2, 0.25) is 5.02 Å². The van der Waals surface area contributed by atoms with Gasteiger partial charge in [-0.2, -0.15) is 4.31 Å². The number of rotatable bonds is 6. The highest BCUT2D eigenvalue weighted by atomic mass is 35.5. The Balaban J connectivity index is 1.79. The summed E-state index contributed by atoms with van der Waals surface area (Å²) in [6, 6.07) is 17.3. The standard InChI is InChI=1S/C24H20ClFN2O4S/c1-16(17-5-3-2-4-6-17)28(33(31,32)21-13-9-19(26)10-14-21)22-15-23(29)27(24(22)30)20-11-7-18(25)8-12-20/h2-14,16,22H,15H2,1H3. The second-order valence-electron chi connectivity index (χ2n) is 7.64. The Morgan fingerprint density at radius 3 is 2.18 bits per heavy atom. The van der Waals surface area contributed by atoms with E-state index in [4.69, 9.17) is 11.6 Å². The minimum atomic E-state index is -4.27. The van der Waals surface area contributed by atoms with Gasteiger partial charge in [-0.1, -0.05) is 41.9 Å². The van der Waals surface area contributed by atoms with Crippen molar-refractivity contribution < 1.29 is 22.4 Å². The molecule has 0 bridgehead atoms. The van der Waals surface area contributed by atoms with Crippen LogP contribution < -0.4 is 4.90 Å².